The Hall–Kier alpha value is -5.75. The van der Waals surface area contributed by atoms with Gasteiger partial charge in [-0.1, -0.05) is 228 Å². The molecule has 75 heavy (non-hydrogen) atoms. The van der Waals surface area contributed by atoms with Crippen molar-refractivity contribution >= 4 is 17.9 Å². The van der Waals surface area contributed by atoms with Crippen LogP contribution in [-0.4, -0.2) is 37.2 Å². The average Bonchev–Trinajstić information content (AvgIpc) is 3.41. The average molecular weight is 1030 g/mol. The first-order valence-electron chi connectivity index (χ1n) is 28.9. The van der Waals surface area contributed by atoms with Crippen molar-refractivity contribution in [2.45, 2.75) is 207 Å². The Morgan fingerprint density at radius 1 is 0.267 bits per heavy atom. The highest BCUT2D eigenvalue weighted by Crippen LogP contribution is 2.10. The Kier molecular flexibility index (Phi) is 56.1. The molecule has 0 amide bonds. The Morgan fingerprint density at radius 2 is 0.507 bits per heavy atom. The fraction of sp³-hybridized carbons (Fsp3) is 0.493. The van der Waals surface area contributed by atoms with Crippen LogP contribution in [0.5, 0.6) is 0 Å². The van der Waals surface area contributed by atoms with Gasteiger partial charge in [0.25, 0.3) is 0 Å². The summed E-state index contributed by atoms with van der Waals surface area (Å²) in [4.78, 5) is 38.2. The van der Waals surface area contributed by atoms with Gasteiger partial charge in [-0.25, -0.2) is 0 Å². The van der Waals surface area contributed by atoms with Crippen LogP contribution in [0.4, 0.5) is 0 Å². The lowest BCUT2D eigenvalue weighted by atomic mass is 10.1. The SMILES string of the molecule is CC/C=C/C/C=C/C/C=C/C/C=C/C/C=C/C/C=C/CCC(=O)OC[C@@H](COC(=O)CCCCC/C=C/C/C=C/C/C=C/C/C=C/C/C=C/CC)OC(=O)CCCCC/C=C/C/C=C/C/C=C/C/C=C/C/C=C/CC. The predicted molar refractivity (Wildman–Crippen MR) is 324 cm³/mol. The standard InChI is InChI=1S/C69H102O6/c1-4-7-10-13-16-19-22-25-28-31-34-37-40-43-46-49-52-55-58-61-67(70)73-64-66(75-69(72)63-60-57-54-51-48-45-42-39-36-33-30-27-24-21-18-15-12-9-6-3)65-74-68(71)62-59-56-53-50-47-44-41-38-35-32-29-26-23-20-17-14-11-8-5-2/h7-12,16-21,25-30,34-39,43-48,52,55,66H,4-6,13-15,22-24,31-33,40-42,49-51,53-54,56-65H2,1-3H3/b10-7+,11-8+,12-9+,19-16+,20-17+,21-18+,28-25+,29-26+,30-27+,37-34+,38-35+,39-36+,46-43+,47-44+,48-45+,55-52+/t66-/m0/s1. The molecule has 0 N–H and O–H groups in total. The van der Waals surface area contributed by atoms with Gasteiger partial charge in [-0.3, -0.25) is 14.4 Å². The van der Waals surface area contributed by atoms with Gasteiger partial charge >= 0.3 is 17.9 Å². The van der Waals surface area contributed by atoms with Gasteiger partial charge in [0.15, 0.2) is 6.10 Å². The van der Waals surface area contributed by atoms with Gasteiger partial charge < -0.3 is 14.2 Å². The molecule has 1 atom stereocenters. The van der Waals surface area contributed by atoms with Crippen molar-refractivity contribution in [2.75, 3.05) is 13.2 Å². The third kappa shape index (κ3) is 59.0. The lowest BCUT2D eigenvalue weighted by Gasteiger charge is -2.18. The molecule has 0 aromatic rings. The van der Waals surface area contributed by atoms with Crippen molar-refractivity contribution in [1.29, 1.82) is 0 Å². The van der Waals surface area contributed by atoms with Gasteiger partial charge in [0.05, 0.1) is 0 Å². The van der Waals surface area contributed by atoms with Crippen LogP contribution in [0.15, 0.2) is 194 Å². The van der Waals surface area contributed by atoms with E-state index in [1.165, 1.54) is 0 Å². The summed E-state index contributed by atoms with van der Waals surface area (Å²) in [6, 6.07) is 0. The summed E-state index contributed by atoms with van der Waals surface area (Å²) in [5.74, 6) is -1.11. The summed E-state index contributed by atoms with van der Waals surface area (Å²) >= 11 is 0. The predicted octanol–water partition coefficient (Wildman–Crippen LogP) is 19.9. The Balaban J connectivity index is 4.68. The number of rotatable bonds is 49. The van der Waals surface area contributed by atoms with Crippen LogP contribution in [0.3, 0.4) is 0 Å². The van der Waals surface area contributed by atoms with E-state index in [1.807, 2.05) is 12.2 Å². The molecular formula is C69H102O6. The molecule has 414 valence electrons. The summed E-state index contributed by atoms with van der Waals surface area (Å²) in [5, 5.41) is 0. The number of allylic oxidation sites excluding steroid dienone is 32. The van der Waals surface area contributed by atoms with E-state index in [4.69, 9.17) is 14.2 Å². The van der Waals surface area contributed by atoms with Crippen LogP contribution in [-0.2, 0) is 28.6 Å². The third-order valence-electron chi connectivity index (χ3n) is 11.1. The smallest absolute Gasteiger partial charge is 0.306 e. The van der Waals surface area contributed by atoms with E-state index in [0.717, 1.165) is 148 Å². The number of ether oxygens (including phenoxy) is 3. The van der Waals surface area contributed by atoms with E-state index in [2.05, 4.69) is 203 Å². The summed E-state index contributed by atoms with van der Waals surface area (Å²) in [7, 11) is 0. The summed E-state index contributed by atoms with van der Waals surface area (Å²) < 4.78 is 16.7. The van der Waals surface area contributed by atoms with Crippen molar-refractivity contribution < 1.29 is 28.6 Å². The lowest BCUT2D eigenvalue weighted by molar-refractivity contribution is -0.166. The quantitative estimate of drug-likeness (QED) is 0.0261. The van der Waals surface area contributed by atoms with Crippen molar-refractivity contribution in [3.63, 3.8) is 0 Å². The Morgan fingerprint density at radius 3 is 0.800 bits per heavy atom. The van der Waals surface area contributed by atoms with E-state index in [-0.39, 0.29) is 50.4 Å². The van der Waals surface area contributed by atoms with Crippen molar-refractivity contribution in [1.82, 2.24) is 0 Å². The second kappa shape index (κ2) is 60.8. The second-order valence-corrected chi connectivity index (χ2v) is 18.0. The topological polar surface area (TPSA) is 78.9 Å². The van der Waals surface area contributed by atoms with Gasteiger partial charge in [-0.2, -0.15) is 0 Å². The van der Waals surface area contributed by atoms with Crippen LogP contribution < -0.4 is 0 Å². The minimum atomic E-state index is -0.854. The third-order valence-corrected chi connectivity index (χ3v) is 11.1. The molecule has 6 heteroatoms. The molecular weight excluding hydrogens is 925 g/mol. The van der Waals surface area contributed by atoms with E-state index < -0.39 is 6.10 Å². The Labute approximate surface area is 458 Å². The van der Waals surface area contributed by atoms with Crippen LogP contribution in [0.25, 0.3) is 0 Å². The largest absolute Gasteiger partial charge is 0.462 e. The fourth-order valence-electron chi connectivity index (χ4n) is 6.87. The molecule has 0 spiro atoms. The molecule has 0 saturated carbocycles. The normalized spacial score (nSPS) is 13.6. The number of esters is 3. The van der Waals surface area contributed by atoms with Gasteiger partial charge in [-0.05, 0) is 148 Å². The van der Waals surface area contributed by atoms with E-state index in [1.54, 1.807) is 0 Å². The molecule has 0 rings (SSSR count). The van der Waals surface area contributed by atoms with Gasteiger partial charge in [0.2, 0.25) is 0 Å². The molecule has 0 unspecified atom stereocenters. The van der Waals surface area contributed by atoms with Crippen LogP contribution >= 0.6 is 0 Å². The summed E-state index contributed by atoms with van der Waals surface area (Å²) in [6.45, 7) is 6.15. The monoisotopic (exact) mass is 1030 g/mol. The minimum absolute atomic E-state index is 0.144. The molecule has 0 aromatic carbocycles. The molecule has 0 aromatic heterocycles. The van der Waals surface area contributed by atoms with Crippen molar-refractivity contribution in [3.05, 3.63) is 194 Å². The molecule has 0 aliphatic carbocycles. The Bertz CT molecular complexity index is 1850. The zero-order chi connectivity index (χ0) is 54.3. The maximum Gasteiger partial charge on any atom is 0.306 e. The summed E-state index contributed by atoms with van der Waals surface area (Å²) in [6.07, 6.45) is 92.9. The summed E-state index contributed by atoms with van der Waals surface area (Å²) in [5.41, 5.74) is 0. The maximum atomic E-state index is 12.9. The highest BCUT2D eigenvalue weighted by atomic mass is 16.6. The van der Waals surface area contributed by atoms with Gasteiger partial charge in [-0.15, -0.1) is 0 Å². The molecule has 0 fully saturated rings. The zero-order valence-corrected chi connectivity index (χ0v) is 47.2. The molecule has 0 heterocycles. The minimum Gasteiger partial charge on any atom is -0.462 e. The molecule has 0 saturated heterocycles. The van der Waals surface area contributed by atoms with Gasteiger partial charge in [0.1, 0.15) is 13.2 Å². The van der Waals surface area contributed by atoms with Crippen molar-refractivity contribution in [2.24, 2.45) is 0 Å². The zero-order valence-electron chi connectivity index (χ0n) is 47.2. The first-order chi connectivity index (χ1) is 37.0. The van der Waals surface area contributed by atoms with Gasteiger partial charge in [0, 0.05) is 19.3 Å². The van der Waals surface area contributed by atoms with E-state index >= 15 is 0 Å². The lowest BCUT2D eigenvalue weighted by Crippen LogP contribution is -2.30. The maximum absolute atomic E-state index is 12.9. The van der Waals surface area contributed by atoms with Crippen molar-refractivity contribution in [3.8, 4) is 0 Å². The number of unbranched alkanes of at least 4 members (excludes halogenated alkanes) is 6. The molecule has 0 radical (unpaired) electrons. The highest BCUT2D eigenvalue weighted by molar-refractivity contribution is 5.71. The molecule has 0 aliphatic rings. The number of carbonyl (C=O) groups is 3. The van der Waals surface area contributed by atoms with E-state index in [9.17, 15) is 14.4 Å². The molecule has 6 nitrogen and oxygen atoms in total. The number of hydrogen-bond acceptors (Lipinski definition) is 6. The van der Waals surface area contributed by atoms with E-state index in [0.29, 0.717) is 12.8 Å². The fourth-order valence-corrected chi connectivity index (χ4v) is 6.87. The number of carbonyl (C=O) groups excluding carboxylic acids is 3. The molecule has 0 aliphatic heterocycles. The van der Waals surface area contributed by atoms with Crippen LogP contribution in [0, 0.1) is 0 Å². The number of hydrogen-bond donors (Lipinski definition) is 0. The van der Waals surface area contributed by atoms with Crippen LogP contribution in [0.2, 0.25) is 0 Å². The molecule has 0 bridgehead atoms. The van der Waals surface area contributed by atoms with Crippen LogP contribution in [0.1, 0.15) is 201 Å². The second-order valence-electron chi connectivity index (χ2n) is 18.0. The first kappa shape index (κ1) is 69.2. The first-order valence-corrected chi connectivity index (χ1v) is 28.9. The highest BCUT2D eigenvalue weighted by Gasteiger charge is 2.19.